The first kappa shape index (κ1) is 15.0. The van der Waals surface area contributed by atoms with Crippen molar-refractivity contribution in [2.24, 2.45) is 0 Å². The number of ether oxygens (including phenoxy) is 1. The predicted octanol–water partition coefficient (Wildman–Crippen LogP) is 2.41. The number of nitrogens with one attached hydrogen (secondary N) is 1. The summed E-state index contributed by atoms with van der Waals surface area (Å²) in [6.07, 6.45) is -0.518. The van der Waals surface area contributed by atoms with Gasteiger partial charge in [0.15, 0.2) is 0 Å². The number of rotatable bonds is 1. The number of carbonyl (C=O) groups is 1. The molecule has 1 aromatic heterocycles. The van der Waals surface area contributed by atoms with Crippen LogP contribution < -0.4 is 5.32 Å². The first-order valence-corrected chi connectivity index (χ1v) is 5.87. The van der Waals surface area contributed by atoms with Gasteiger partial charge in [-0.3, -0.25) is 0 Å². The van der Waals surface area contributed by atoms with E-state index in [1.165, 1.54) is 6.07 Å². The predicted molar refractivity (Wildman–Crippen MR) is 70.0 cm³/mol. The van der Waals surface area contributed by atoms with E-state index in [-0.39, 0.29) is 6.54 Å². The van der Waals surface area contributed by atoms with E-state index in [2.05, 4.69) is 22.1 Å². The molecule has 1 heterocycles. The standard InChI is InChI=1S/C14H17FN2O2/c1-10-11(7-8-12(15)17-10)6-5-9-16-13(18)19-14(2,3)4/h7-8H,9H2,1-4H3,(H,16,18). The maximum absolute atomic E-state index is 12.8. The van der Waals surface area contributed by atoms with Gasteiger partial charge in [-0.15, -0.1) is 0 Å². The van der Waals surface area contributed by atoms with Crippen LogP contribution in [0.2, 0.25) is 0 Å². The topological polar surface area (TPSA) is 51.2 Å². The molecule has 0 spiro atoms. The van der Waals surface area contributed by atoms with Gasteiger partial charge in [-0.05, 0) is 39.8 Å². The summed E-state index contributed by atoms with van der Waals surface area (Å²) in [7, 11) is 0. The second-order valence-corrected chi connectivity index (χ2v) is 4.92. The van der Waals surface area contributed by atoms with Crippen LogP contribution in [0.1, 0.15) is 32.0 Å². The summed E-state index contributed by atoms with van der Waals surface area (Å²) in [6, 6.07) is 2.80. The first-order valence-electron chi connectivity index (χ1n) is 5.87. The van der Waals surface area contributed by atoms with Gasteiger partial charge in [-0.2, -0.15) is 4.39 Å². The average molecular weight is 264 g/mol. The summed E-state index contributed by atoms with van der Waals surface area (Å²) >= 11 is 0. The quantitative estimate of drug-likeness (QED) is 0.626. The highest BCUT2D eigenvalue weighted by molar-refractivity contribution is 5.68. The minimum Gasteiger partial charge on any atom is -0.444 e. The molecular formula is C14H17FN2O2. The number of hydrogen-bond donors (Lipinski definition) is 1. The second kappa shape index (κ2) is 6.19. The fourth-order valence-electron chi connectivity index (χ4n) is 1.23. The van der Waals surface area contributed by atoms with Crippen molar-refractivity contribution in [3.63, 3.8) is 0 Å². The van der Waals surface area contributed by atoms with E-state index in [1.807, 2.05) is 0 Å². The SMILES string of the molecule is Cc1nc(F)ccc1C#CCNC(=O)OC(C)(C)C. The van der Waals surface area contributed by atoms with Crippen LogP contribution in [0.15, 0.2) is 12.1 Å². The molecule has 1 aromatic rings. The number of carbonyl (C=O) groups excluding carboxylic acids is 1. The lowest BCUT2D eigenvalue weighted by molar-refractivity contribution is 0.0535. The molecule has 0 aromatic carbocycles. The fourth-order valence-corrected chi connectivity index (χ4v) is 1.23. The first-order chi connectivity index (χ1) is 8.78. The Bertz CT molecular complexity index is 524. The van der Waals surface area contributed by atoms with Crippen LogP contribution in [0.25, 0.3) is 0 Å². The van der Waals surface area contributed by atoms with Crippen LogP contribution in [0.4, 0.5) is 9.18 Å². The van der Waals surface area contributed by atoms with E-state index in [0.717, 1.165) is 0 Å². The molecular weight excluding hydrogens is 247 g/mol. The second-order valence-electron chi connectivity index (χ2n) is 4.92. The molecule has 0 atom stereocenters. The summed E-state index contributed by atoms with van der Waals surface area (Å²) in [5.74, 6) is 5.03. The molecule has 0 saturated heterocycles. The Morgan fingerprint density at radius 3 is 2.74 bits per heavy atom. The van der Waals surface area contributed by atoms with Crippen molar-refractivity contribution in [1.29, 1.82) is 0 Å². The summed E-state index contributed by atoms with van der Waals surface area (Å²) < 4.78 is 17.8. The molecule has 0 fully saturated rings. The zero-order valence-corrected chi connectivity index (χ0v) is 11.5. The van der Waals surface area contributed by atoms with Crippen molar-refractivity contribution in [2.45, 2.75) is 33.3 Å². The van der Waals surface area contributed by atoms with Gasteiger partial charge in [0.1, 0.15) is 5.60 Å². The Labute approximate surface area is 112 Å². The van der Waals surface area contributed by atoms with Crippen LogP contribution in [0.3, 0.4) is 0 Å². The Balaban J connectivity index is 2.50. The highest BCUT2D eigenvalue weighted by atomic mass is 19.1. The summed E-state index contributed by atoms with van der Waals surface area (Å²) in [6.45, 7) is 7.18. The van der Waals surface area contributed by atoms with Gasteiger partial charge in [0.05, 0.1) is 12.2 Å². The third kappa shape index (κ3) is 5.87. The monoisotopic (exact) mass is 264 g/mol. The molecule has 1 N–H and O–H groups in total. The number of aryl methyl sites for hydroxylation is 1. The van der Waals surface area contributed by atoms with Gasteiger partial charge in [0.2, 0.25) is 5.95 Å². The van der Waals surface area contributed by atoms with Crippen molar-refractivity contribution in [1.82, 2.24) is 10.3 Å². The smallest absolute Gasteiger partial charge is 0.408 e. The number of pyridine rings is 1. The van der Waals surface area contributed by atoms with Crippen LogP contribution in [-0.2, 0) is 4.74 Å². The van der Waals surface area contributed by atoms with Gasteiger partial charge in [0, 0.05) is 5.56 Å². The number of amides is 1. The average Bonchev–Trinajstić information content (AvgIpc) is 2.24. The van der Waals surface area contributed by atoms with E-state index in [4.69, 9.17) is 4.74 Å². The minimum absolute atomic E-state index is 0.158. The number of nitrogens with zero attached hydrogens (tertiary/aromatic N) is 1. The van der Waals surface area contributed by atoms with Crippen molar-refractivity contribution in [3.8, 4) is 11.8 Å². The summed E-state index contributed by atoms with van der Waals surface area (Å²) in [5, 5.41) is 2.51. The molecule has 0 saturated carbocycles. The van der Waals surface area contributed by atoms with E-state index < -0.39 is 17.6 Å². The van der Waals surface area contributed by atoms with E-state index in [9.17, 15) is 9.18 Å². The molecule has 4 nitrogen and oxygen atoms in total. The number of hydrogen-bond acceptors (Lipinski definition) is 3. The molecule has 0 bridgehead atoms. The van der Waals surface area contributed by atoms with Gasteiger partial charge < -0.3 is 10.1 Å². The van der Waals surface area contributed by atoms with E-state index in [1.54, 1.807) is 33.8 Å². The zero-order chi connectivity index (χ0) is 14.5. The molecule has 0 radical (unpaired) electrons. The molecule has 0 aliphatic heterocycles. The third-order valence-electron chi connectivity index (χ3n) is 1.99. The number of aromatic nitrogens is 1. The lowest BCUT2D eigenvalue weighted by Crippen LogP contribution is -2.32. The Kier molecular flexibility index (Phi) is 4.87. The van der Waals surface area contributed by atoms with Gasteiger partial charge in [0.25, 0.3) is 0 Å². The maximum atomic E-state index is 12.8. The molecule has 0 aliphatic carbocycles. The largest absolute Gasteiger partial charge is 0.444 e. The van der Waals surface area contributed by atoms with Crippen molar-refractivity contribution >= 4 is 6.09 Å². The fraction of sp³-hybridized carbons (Fsp3) is 0.429. The van der Waals surface area contributed by atoms with Crippen LogP contribution in [0, 0.1) is 24.7 Å². The molecule has 19 heavy (non-hydrogen) atoms. The van der Waals surface area contributed by atoms with Crippen molar-refractivity contribution in [2.75, 3.05) is 6.54 Å². The summed E-state index contributed by atoms with van der Waals surface area (Å²) in [5.41, 5.74) is 0.617. The molecule has 0 aliphatic rings. The maximum Gasteiger partial charge on any atom is 0.408 e. The van der Waals surface area contributed by atoms with Crippen molar-refractivity contribution < 1.29 is 13.9 Å². The number of alkyl carbamates (subject to hydrolysis) is 1. The van der Waals surface area contributed by atoms with Crippen molar-refractivity contribution in [3.05, 3.63) is 29.3 Å². The Morgan fingerprint density at radius 2 is 2.16 bits per heavy atom. The van der Waals surface area contributed by atoms with E-state index in [0.29, 0.717) is 11.3 Å². The van der Waals surface area contributed by atoms with Crippen LogP contribution in [0.5, 0.6) is 0 Å². The zero-order valence-electron chi connectivity index (χ0n) is 11.5. The molecule has 5 heteroatoms. The highest BCUT2D eigenvalue weighted by Crippen LogP contribution is 2.06. The van der Waals surface area contributed by atoms with E-state index >= 15 is 0 Å². The van der Waals surface area contributed by atoms with Gasteiger partial charge in [-0.25, -0.2) is 9.78 Å². The molecule has 102 valence electrons. The normalized spacial score (nSPS) is 10.4. The highest BCUT2D eigenvalue weighted by Gasteiger charge is 2.14. The Morgan fingerprint density at radius 1 is 1.47 bits per heavy atom. The third-order valence-corrected chi connectivity index (χ3v) is 1.99. The molecule has 1 rings (SSSR count). The number of halogens is 1. The van der Waals surface area contributed by atoms with Crippen LogP contribution >= 0.6 is 0 Å². The lowest BCUT2D eigenvalue weighted by Gasteiger charge is -2.18. The van der Waals surface area contributed by atoms with Crippen LogP contribution in [-0.4, -0.2) is 23.2 Å². The summed E-state index contributed by atoms with van der Waals surface area (Å²) in [4.78, 5) is 15.0. The Hall–Kier alpha value is -2.09. The van der Waals surface area contributed by atoms with Gasteiger partial charge in [-0.1, -0.05) is 11.8 Å². The minimum atomic E-state index is -0.533. The van der Waals surface area contributed by atoms with Gasteiger partial charge >= 0.3 is 6.09 Å². The molecule has 1 amide bonds. The molecule has 0 unspecified atom stereocenters. The lowest BCUT2D eigenvalue weighted by atomic mass is 10.2.